The van der Waals surface area contributed by atoms with Gasteiger partial charge < -0.3 is 24.4 Å². The van der Waals surface area contributed by atoms with Gasteiger partial charge in [-0.2, -0.15) is 4.98 Å². The van der Waals surface area contributed by atoms with Crippen molar-refractivity contribution in [2.75, 3.05) is 30.9 Å². The number of carbonyl (C=O) groups excluding carboxylic acids is 2. The van der Waals surface area contributed by atoms with Crippen LogP contribution in [0, 0.1) is 0 Å². The quantitative estimate of drug-likeness (QED) is 0.394. The molecule has 1 aliphatic carbocycles. The molecule has 0 aromatic carbocycles. The van der Waals surface area contributed by atoms with Gasteiger partial charge in [0, 0.05) is 48.9 Å². The number of nitrogens with zero attached hydrogens (tertiary/aromatic N) is 7. The third-order valence-electron chi connectivity index (χ3n) is 8.70. The molecular weight excluding hydrogens is 544 g/mol. The van der Waals surface area contributed by atoms with E-state index in [0.717, 1.165) is 30.4 Å². The number of amides is 2. The lowest BCUT2D eigenvalue weighted by molar-refractivity contribution is -0.119. The van der Waals surface area contributed by atoms with E-state index >= 15 is 0 Å². The third kappa shape index (κ3) is 6.32. The number of ether oxygens (including phenoxy) is 1. The molecule has 43 heavy (non-hydrogen) atoms. The Bertz CT molecular complexity index is 1470. The zero-order valence-electron chi connectivity index (χ0n) is 26.0. The lowest BCUT2D eigenvalue weighted by Crippen LogP contribution is -2.45. The standard InChI is InChI=1S/C32H44N8O3/c1-32(2,3)43-31(42)40-23-11-12-25(40)20-38(28(41)16-23)24-13-14-27(33-18-24)35-30-34-17-21-15-26(19-37(4)5)39(29(21)36-30)22-9-7-6-8-10-22/h13-15,17-18,22-23,25H,6-12,16,19-20H2,1-5H3,(H,33,34,35,36). The van der Waals surface area contributed by atoms with Crippen LogP contribution in [0.25, 0.3) is 11.0 Å². The molecule has 3 aromatic heterocycles. The summed E-state index contributed by atoms with van der Waals surface area (Å²) in [6, 6.07) is 6.20. The van der Waals surface area contributed by atoms with E-state index < -0.39 is 5.60 Å². The maximum Gasteiger partial charge on any atom is 0.410 e. The smallest absolute Gasteiger partial charge is 0.410 e. The number of pyridine rings is 1. The highest BCUT2D eigenvalue weighted by Gasteiger charge is 2.44. The predicted octanol–water partition coefficient (Wildman–Crippen LogP) is 5.64. The van der Waals surface area contributed by atoms with Crippen molar-refractivity contribution < 1.29 is 14.3 Å². The fourth-order valence-electron chi connectivity index (χ4n) is 6.88. The summed E-state index contributed by atoms with van der Waals surface area (Å²) in [5.41, 5.74) is 2.35. The van der Waals surface area contributed by atoms with E-state index in [0.29, 0.717) is 30.0 Å². The van der Waals surface area contributed by atoms with Crippen LogP contribution in [0.3, 0.4) is 0 Å². The van der Waals surface area contributed by atoms with Gasteiger partial charge in [-0.1, -0.05) is 19.3 Å². The normalized spacial score (nSPS) is 21.5. The summed E-state index contributed by atoms with van der Waals surface area (Å²) in [5, 5.41) is 4.32. The summed E-state index contributed by atoms with van der Waals surface area (Å²) in [6.07, 6.45) is 11.3. The van der Waals surface area contributed by atoms with Gasteiger partial charge in [0.25, 0.3) is 0 Å². The van der Waals surface area contributed by atoms with Crippen LogP contribution < -0.4 is 10.2 Å². The number of hydrogen-bond acceptors (Lipinski definition) is 8. The first-order chi connectivity index (χ1) is 20.6. The third-order valence-corrected chi connectivity index (χ3v) is 8.70. The van der Waals surface area contributed by atoms with E-state index in [1.54, 1.807) is 16.0 Å². The number of carbonyl (C=O) groups is 2. The molecule has 1 saturated carbocycles. The topological polar surface area (TPSA) is 109 Å². The van der Waals surface area contributed by atoms with Crippen LogP contribution in [0.1, 0.15) is 83.9 Å². The van der Waals surface area contributed by atoms with Gasteiger partial charge in [0.15, 0.2) is 0 Å². The Hall–Kier alpha value is -3.73. The Balaban J connectivity index is 1.19. The van der Waals surface area contributed by atoms with Gasteiger partial charge in [0.05, 0.1) is 17.9 Å². The van der Waals surface area contributed by atoms with Crippen LogP contribution in [0.2, 0.25) is 0 Å². The second-order valence-corrected chi connectivity index (χ2v) is 13.5. The van der Waals surface area contributed by atoms with Crippen molar-refractivity contribution >= 4 is 40.5 Å². The van der Waals surface area contributed by atoms with Crippen LogP contribution in [-0.4, -0.2) is 79.6 Å². The number of nitrogens with one attached hydrogen (secondary N) is 1. The highest BCUT2D eigenvalue weighted by molar-refractivity contribution is 5.95. The van der Waals surface area contributed by atoms with Crippen LogP contribution in [0.5, 0.6) is 0 Å². The van der Waals surface area contributed by atoms with Gasteiger partial charge >= 0.3 is 6.09 Å². The minimum Gasteiger partial charge on any atom is -0.444 e. The molecule has 2 aliphatic heterocycles. The van der Waals surface area contributed by atoms with Crippen LogP contribution >= 0.6 is 0 Å². The van der Waals surface area contributed by atoms with Gasteiger partial charge in [0.1, 0.15) is 17.1 Å². The molecule has 1 N–H and O–H groups in total. The minimum atomic E-state index is -0.582. The SMILES string of the molecule is CN(C)Cc1cc2cnc(Nc3ccc(N4CC5CCC(CC4=O)N5C(=O)OC(C)(C)C)cn3)nc2n1C1CCCCC1. The summed E-state index contributed by atoms with van der Waals surface area (Å²) in [5.74, 6) is 1.09. The second kappa shape index (κ2) is 11.7. The monoisotopic (exact) mass is 588 g/mol. The first-order valence-electron chi connectivity index (χ1n) is 15.6. The van der Waals surface area contributed by atoms with Crippen molar-refractivity contribution in [1.82, 2.24) is 29.3 Å². The van der Waals surface area contributed by atoms with E-state index in [2.05, 4.69) is 44.9 Å². The van der Waals surface area contributed by atoms with Gasteiger partial charge in [-0.3, -0.25) is 9.69 Å². The average Bonchev–Trinajstić information content (AvgIpc) is 3.46. The first kappa shape index (κ1) is 29.3. The highest BCUT2D eigenvalue weighted by atomic mass is 16.6. The fraction of sp³-hybridized carbons (Fsp3) is 0.594. The molecule has 3 aliphatic rings. The molecule has 2 atom stereocenters. The molecule has 11 nitrogen and oxygen atoms in total. The summed E-state index contributed by atoms with van der Waals surface area (Å²) in [4.78, 5) is 46.1. The van der Waals surface area contributed by atoms with Crippen LogP contribution in [0.4, 0.5) is 22.2 Å². The van der Waals surface area contributed by atoms with Crippen molar-refractivity contribution in [3.05, 3.63) is 36.3 Å². The van der Waals surface area contributed by atoms with Crippen molar-refractivity contribution in [3.8, 4) is 0 Å². The van der Waals surface area contributed by atoms with Gasteiger partial charge in [0.2, 0.25) is 11.9 Å². The molecule has 2 saturated heterocycles. The minimum absolute atomic E-state index is 0.00550. The van der Waals surface area contributed by atoms with E-state index in [4.69, 9.17) is 9.72 Å². The maximum absolute atomic E-state index is 13.3. The Morgan fingerprint density at radius 3 is 2.49 bits per heavy atom. The summed E-state index contributed by atoms with van der Waals surface area (Å²) in [7, 11) is 4.19. The van der Waals surface area contributed by atoms with E-state index in [1.807, 2.05) is 39.1 Å². The molecule has 3 fully saturated rings. The van der Waals surface area contributed by atoms with Gasteiger partial charge in [-0.25, -0.2) is 14.8 Å². The fourth-order valence-corrected chi connectivity index (χ4v) is 6.88. The van der Waals surface area contributed by atoms with E-state index in [-0.39, 0.29) is 30.5 Å². The number of hydrogen-bond donors (Lipinski definition) is 1. The lowest BCUT2D eigenvalue weighted by Gasteiger charge is -2.31. The zero-order chi connectivity index (χ0) is 30.3. The number of aromatic nitrogens is 4. The average molecular weight is 589 g/mol. The van der Waals surface area contributed by atoms with Crippen molar-refractivity contribution in [2.45, 2.75) is 102 Å². The molecule has 6 rings (SSSR count). The molecule has 5 heterocycles. The number of anilines is 3. The molecule has 2 unspecified atom stereocenters. The number of fused-ring (bicyclic) bond motifs is 3. The molecule has 2 amide bonds. The summed E-state index contributed by atoms with van der Waals surface area (Å²) < 4.78 is 8.10. The molecule has 230 valence electrons. The van der Waals surface area contributed by atoms with E-state index in [9.17, 15) is 9.59 Å². The van der Waals surface area contributed by atoms with Crippen molar-refractivity contribution in [1.29, 1.82) is 0 Å². The Morgan fingerprint density at radius 1 is 1.02 bits per heavy atom. The van der Waals surface area contributed by atoms with Crippen molar-refractivity contribution in [3.63, 3.8) is 0 Å². The molecular formula is C32H44N8O3. The maximum atomic E-state index is 13.3. The lowest BCUT2D eigenvalue weighted by atomic mass is 9.95. The molecule has 2 bridgehead atoms. The van der Waals surface area contributed by atoms with E-state index in [1.165, 1.54) is 37.8 Å². The van der Waals surface area contributed by atoms with Crippen LogP contribution in [-0.2, 0) is 16.1 Å². The Labute approximate surface area is 253 Å². The van der Waals surface area contributed by atoms with Crippen molar-refractivity contribution in [2.24, 2.45) is 0 Å². The second-order valence-electron chi connectivity index (χ2n) is 13.5. The Morgan fingerprint density at radius 2 is 1.79 bits per heavy atom. The zero-order valence-corrected chi connectivity index (χ0v) is 26.0. The Kier molecular flexibility index (Phi) is 8.02. The largest absolute Gasteiger partial charge is 0.444 e. The number of rotatable bonds is 6. The first-order valence-corrected chi connectivity index (χ1v) is 15.6. The van der Waals surface area contributed by atoms with Crippen LogP contribution in [0.15, 0.2) is 30.6 Å². The summed E-state index contributed by atoms with van der Waals surface area (Å²) >= 11 is 0. The summed E-state index contributed by atoms with van der Waals surface area (Å²) in [6.45, 7) is 6.87. The molecule has 3 aromatic rings. The molecule has 0 radical (unpaired) electrons. The highest BCUT2D eigenvalue weighted by Crippen LogP contribution is 2.35. The molecule has 11 heteroatoms. The van der Waals surface area contributed by atoms with Gasteiger partial charge in [-0.15, -0.1) is 0 Å². The van der Waals surface area contributed by atoms with Gasteiger partial charge in [-0.05, 0) is 78.7 Å². The predicted molar refractivity (Wildman–Crippen MR) is 166 cm³/mol. The molecule has 0 spiro atoms.